The van der Waals surface area contributed by atoms with Gasteiger partial charge in [0.15, 0.2) is 0 Å². The predicted octanol–water partition coefficient (Wildman–Crippen LogP) is 2.18. The van der Waals surface area contributed by atoms with Gasteiger partial charge in [-0.3, -0.25) is 4.79 Å². The third-order valence-corrected chi connectivity index (χ3v) is 4.14. The van der Waals surface area contributed by atoms with Crippen molar-refractivity contribution in [1.29, 1.82) is 0 Å². The molecule has 1 fully saturated rings. The maximum Gasteiger partial charge on any atom is 0.271 e. The molecule has 0 saturated heterocycles. The normalized spacial score (nSPS) is 21.2. The number of carbonyl (C=O) groups is 1. The molecule has 0 atom stereocenters. The van der Waals surface area contributed by atoms with Gasteiger partial charge in [0.2, 0.25) is 0 Å². The highest BCUT2D eigenvalue weighted by Crippen LogP contribution is 2.45. The van der Waals surface area contributed by atoms with Crippen LogP contribution < -0.4 is 11.1 Å². The first-order chi connectivity index (χ1) is 9.71. The summed E-state index contributed by atoms with van der Waals surface area (Å²) >= 11 is 0. The van der Waals surface area contributed by atoms with Crippen LogP contribution in [0.3, 0.4) is 0 Å². The monoisotopic (exact) mass is 292 g/mol. The lowest BCUT2D eigenvalue weighted by atomic mass is 9.63. The Kier molecular flexibility index (Phi) is 4.42. The Bertz CT molecular complexity index is 488. The summed E-state index contributed by atoms with van der Waals surface area (Å²) in [4.78, 5) is 16.5. The lowest BCUT2D eigenvalue weighted by Crippen LogP contribution is -2.46. The van der Waals surface area contributed by atoms with Crippen molar-refractivity contribution < 1.29 is 4.79 Å². The minimum Gasteiger partial charge on any atom is -0.348 e. The Morgan fingerprint density at radius 1 is 1.38 bits per heavy atom. The Hall–Kier alpha value is -1.36. The topological polar surface area (TPSA) is 72.9 Å². The van der Waals surface area contributed by atoms with Crippen molar-refractivity contribution in [3.05, 3.63) is 18.2 Å². The molecule has 0 bridgehead atoms. The summed E-state index contributed by atoms with van der Waals surface area (Å²) in [5.41, 5.74) is 6.51. The van der Waals surface area contributed by atoms with E-state index in [-0.39, 0.29) is 22.8 Å². The number of hydrogen-bond donors (Lipinski definition) is 2. The van der Waals surface area contributed by atoms with Crippen molar-refractivity contribution in [1.82, 2.24) is 14.9 Å². The zero-order valence-electron chi connectivity index (χ0n) is 13.6. The van der Waals surface area contributed by atoms with Gasteiger partial charge in [-0.15, -0.1) is 0 Å². The molecular formula is C16H28N4O. The minimum absolute atomic E-state index is 0.0794. The Morgan fingerprint density at radius 3 is 2.57 bits per heavy atom. The highest BCUT2D eigenvalue weighted by Gasteiger charge is 2.39. The lowest BCUT2D eigenvalue weighted by Gasteiger charge is -2.45. The number of nitrogens with two attached hydrogens (primary N) is 1. The van der Waals surface area contributed by atoms with Crippen LogP contribution in [-0.4, -0.2) is 28.0 Å². The molecule has 3 N–H and O–H groups in total. The number of aromatic nitrogens is 2. The van der Waals surface area contributed by atoms with Crippen LogP contribution in [0.2, 0.25) is 0 Å². The Morgan fingerprint density at radius 2 is 2.00 bits per heavy atom. The van der Waals surface area contributed by atoms with E-state index in [1.807, 2.05) is 4.57 Å². The maximum atomic E-state index is 12.3. The number of nitrogens with one attached hydrogen (secondary N) is 1. The molecule has 1 aromatic heterocycles. The van der Waals surface area contributed by atoms with Crippen LogP contribution in [0.1, 0.15) is 57.4 Å². The SMILES string of the molecule is CC1(C)CC(NC(=O)c2cn(CCN)cn2)CC(C)(C)C1. The molecule has 1 aromatic rings. The predicted molar refractivity (Wildman–Crippen MR) is 83.9 cm³/mol. The van der Waals surface area contributed by atoms with Crippen LogP contribution in [0.5, 0.6) is 0 Å². The summed E-state index contributed by atoms with van der Waals surface area (Å²) in [5, 5.41) is 3.16. The Balaban J connectivity index is 2.01. The fraction of sp³-hybridized carbons (Fsp3) is 0.750. The van der Waals surface area contributed by atoms with Gasteiger partial charge in [0.05, 0.1) is 6.33 Å². The molecule has 1 aliphatic rings. The number of rotatable bonds is 4. The molecule has 21 heavy (non-hydrogen) atoms. The van der Waals surface area contributed by atoms with Crippen molar-refractivity contribution in [2.75, 3.05) is 6.54 Å². The first kappa shape index (κ1) is 16.0. The van der Waals surface area contributed by atoms with Gasteiger partial charge in [-0.2, -0.15) is 0 Å². The van der Waals surface area contributed by atoms with Crippen LogP contribution in [0.15, 0.2) is 12.5 Å². The smallest absolute Gasteiger partial charge is 0.271 e. The quantitative estimate of drug-likeness (QED) is 0.893. The molecule has 1 amide bonds. The largest absolute Gasteiger partial charge is 0.348 e. The summed E-state index contributed by atoms with van der Waals surface area (Å²) in [6.45, 7) is 10.4. The third kappa shape index (κ3) is 4.30. The molecule has 0 spiro atoms. The highest BCUT2D eigenvalue weighted by molar-refractivity contribution is 5.92. The summed E-state index contributed by atoms with van der Waals surface area (Å²) < 4.78 is 1.85. The second kappa shape index (κ2) is 5.79. The molecule has 118 valence electrons. The van der Waals surface area contributed by atoms with E-state index in [1.165, 1.54) is 6.42 Å². The summed E-state index contributed by atoms with van der Waals surface area (Å²) in [6.07, 6.45) is 6.66. The lowest BCUT2D eigenvalue weighted by molar-refractivity contribution is 0.0710. The van der Waals surface area contributed by atoms with E-state index in [4.69, 9.17) is 5.73 Å². The number of amides is 1. The van der Waals surface area contributed by atoms with Crippen LogP contribution in [-0.2, 0) is 6.54 Å². The Labute approximate surface area is 127 Å². The fourth-order valence-electron chi connectivity index (χ4n) is 3.96. The van der Waals surface area contributed by atoms with E-state index in [9.17, 15) is 4.79 Å². The molecule has 1 heterocycles. The van der Waals surface area contributed by atoms with Crippen molar-refractivity contribution in [3.8, 4) is 0 Å². The molecule has 1 aliphatic carbocycles. The molecular weight excluding hydrogens is 264 g/mol. The van der Waals surface area contributed by atoms with Crippen molar-refractivity contribution in [2.45, 2.75) is 59.5 Å². The van der Waals surface area contributed by atoms with Gasteiger partial charge >= 0.3 is 0 Å². The molecule has 0 radical (unpaired) electrons. The van der Waals surface area contributed by atoms with Crippen LogP contribution in [0.25, 0.3) is 0 Å². The van der Waals surface area contributed by atoms with E-state index in [0.717, 1.165) is 12.8 Å². The van der Waals surface area contributed by atoms with E-state index in [2.05, 4.69) is 38.0 Å². The number of carbonyl (C=O) groups excluding carboxylic acids is 1. The zero-order valence-corrected chi connectivity index (χ0v) is 13.6. The van der Waals surface area contributed by atoms with E-state index < -0.39 is 0 Å². The number of nitrogens with zero attached hydrogens (tertiary/aromatic N) is 2. The minimum atomic E-state index is -0.0794. The summed E-state index contributed by atoms with van der Waals surface area (Å²) in [6, 6.07) is 0.218. The van der Waals surface area contributed by atoms with Gasteiger partial charge in [0, 0.05) is 25.3 Å². The van der Waals surface area contributed by atoms with Gasteiger partial charge in [0.1, 0.15) is 5.69 Å². The van der Waals surface area contributed by atoms with Crippen LogP contribution in [0.4, 0.5) is 0 Å². The molecule has 2 rings (SSSR count). The standard InChI is InChI=1S/C16H28N4O/c1-15(2)7-12(8-16(3,4)10-15)19-14(21)13-9-20(6-5-17)11-18-13/h9,11-12H,5-8,10,17H2,1-4H3,(H,19,21). The zero-order chi connectivity index (χ0) is 15.7. The first-order valence-electron chi connectivity index (χ1n) is 7.73. The van der Waals surface area contributed by atoms with Crippen LogP contribution >= 0.6 is 0 Å². The molecule has 5 heteroatoms. The van der Waals surface area contributed by atoms with Crippen molar-refractivity contribution in [3.63, 3.8) is 0 Å². The second-order valence-electron chi connectivity index (χ2n) is 7.87. The van der Waals surface area contributed by atoms with Gasteiger partial charge in [-0.05, 0) is 30.1 Å². The third-order valence-electron chi connectivity index (χ3n) is 4.14. The molecule has 5 nitrogen and oxygen atoms in total. The molecule has 0 unspecified atom stereocenters. The number of imidazole rings is 1. The molecule has 1 saturated carbocycles. The van der Waals surface area contributed by atoms with Crippen molar-refractivity contribution in [2.24, 2.45) is 16.6 Å². The highest BCUT2D eigenvalue weighted by atomic mass is 16.2. The van der Waals surface area contributed by atoms with E-state index >= 15 is 0 Å². The second-order valence-corrected chi connectivity index (χ2v) is 7.87. The van der Waals surface area contributed by atoms with Gasteiger partial charge in [-0.25, -0.2) is 4.98 Å². The van der Waals surface area contributed by atoms with Crippen LogP contribution in [0, 0.1) is 10.8 Å². The van der Waals surface area contributed by atoms with Gasteiger partial charge in [0.25, 0.3) is 5.91 Å². The van der Waals surface area contributed by atoms with E-state index in [1.54, 1.807) is 12.5 Å². The van der Waals surface area contributed by atoms with Gasteiger partial charge < -0.3 is 15.6 Å². The first-order valence-corrected chi connectivity index (χ1v) is 7.73. The number of hydrogen-bond acceptors (Lipinski definition) is 3. The summed E-state index contributed by atoms with van der Waals surface area (Å²) in [7, 11) is 0. The fourth-order valence-corrected chi connectivity index (χ4v) is 3.96. The van der Waals surface area contributed by atoms with E-state index in [0.29, 0.717) is 18.8 Å². The maximum absolute atomic E-state index is 12.3. The summed E-state index contributed by atoms with van der Waals surface area (Å²) in [5.74, 6) is -0.0794. The average molecular weight is 292 g/mol. The average Bonchev–Trinajstić information content (AvgIpc) is 2.73. The molecule has 0 aromatic carbocycles. The van der Waals surface area contributed by atoms with Gasteiger partial charge in [-0.1, -0.05) is 27.7 Å². The molecule has 0 aliphatic heterocycles. The van der Waals surface area contributed by atoms with Crippen molar-refractivity contribution >= 4 is 5.91 Å².